The molecule has 0 aliphatic heterocycles. The van der Waals surface area contributed by atoms with E-state index in [-0.39, 0.29) is 17.3 Å². The van der Waals surface area contributed by atoms with Crippen molar-refractivity contribution in [2.45, 2.75) is 19.6 Å². The molecule has 0 unspecified atom stereocenters. The van der Waals surface area contributed by atoms with Gasteiger partial charge in [-0.1, -0.05) is 11.6 Å². The molecule has 1 aromatic carbocycles. The number of nitrogens with zero attached hydrogens (tertiary/aromatic N) is 3. The van der Waals surface area contributed by atoms with E-state index in [0.29, 0.717) is 5.82 Å². The molecule has 0 bridgehead atoms. The maximum absolute atomic E-state index is 12.7. The average Bonchev–Trinajstić information content (AvgIpc) is 2.66. The van der Waals surface area contributed by atoms with Gasteiger partial charge in [-0.3, -0.25) is 0 Å². The van der Waals surface area contributed by atoms with Crippen LogP contribution in [0.2, 0.25) is 5.02 Å². The predicted molar refractivity (Wildman–Crippen MR) is 69.5 cm³/mol. The number of hydrogen-bond donors (Lipinski definition) is 1. The third-order valence-corrected chi connectivity index (χ3v) is 3.08. The highest BCUT2D eigenvalue weighted by molar-refractivity contribution is 6.30. The Labute approximate surface area is 118 Å². The molecule has 1 aromatic heterocycles. The van der Waals surface area contributed by atoms with Crippen LogP contribution < -0.4 is 5.32 Å². The lowest BCUT2D eigenvalue weighted by molar-refractivity contribution is -0.137. The normalized spacial score (nSPS) is 11.7. The molecule has 2 rings (SSSR count). The summed E-state index contributed by atoms with van der Waals surface area (Å²) >= 11 is 5.70. The smallest absolute Gasteiger partial charge is 0.378 e. The van der Waals surface area contributed by atoms with Crippen LogP contribution in [0.5, 0.6) is 0 Å². The Balaban J connectivity index is 2.18. The number of alkyl halides is 3. The lowest BCUT2D eigenvalue weighted by atomic mass is 10.2. The SMILES string of the molecule is Cc1nnc(CNc2cc(Cl)cc(C(F)(F)F)c2)n1C. The average molecular weight is 305 g/mol. The Morgan fingerprint density at radius 1 is 1.25 bits per heavy atom. The summed E-state index contributed by atoms with van der Waals surface area (Å²) in [5, 5.41) is 10.7. The van der Waals surface area contributed by atoms with Gasteiger partial charge in [-0.15, -0.1) is 10.2 Å². The fraction of sp³-hybridized carbons (Fsp3) is 0.333. The molecule has 1 heterocycles. The predicted octanol–water partition coefficient (Wildman–Crippen LogP) is 3.41. The van der Waals surface area contributed by atoms with Crippen LogP contribution in [0.15, 0.2) is 18.2 Å². The number of rotatable bonds is 3. The van der Waals surface area contributed by atoms with Crippen LogP contribution in [0.1, 0.15) is 17.2 Å². The third kappa shape index (κ3) is 3.22. The first-order chi connectivity index (χ1) is 9.27. The fourth-order valence-electron chi connectivity index (χ4n) is 1.64. The summed E-state index contributed by atoms with van der Waals surface area (Å²) in [4.78, 5) is 0. The summed E-state index contributed by atoms with van der Waals surface area (Å²) in [6, 6.07) is 3.33. The van der Waals surface area contributed by atoms with Crippen LogP contribution in [-0.2, 0) is 19.8 Å². The maximum Gasteiger partial charge on any atom is 0.416 e. The van der Waals surface area contributed by atoms with E-state index >= 15 is 0 Å². The summed E-state index contributed by atoms with van der Waals surface area (Å²) in [6.07, 6.45) is -4.43. The van der Waals surface area contributed by atoms with Crippen LogP contribution >= 0.6 is 11.6 Å². The second kappa shape index (κ2) is 5.32. The topological polar surface area (TPSA) is 42.7 Å². The van der Waals surface area contributed by atoms with Crippen molar-refractivity contribution in [3.8, 4) is 0 Å². The van der Waals surface area contributed by atoms with Gasteiger partial charge in [0.2, 0.25) is 0 Å². The van der Waals surface area contributed by atoms with E-state index in [0.717, 1.165) is 18.0 Å². The molecule has 0 spiro atoms. The molecule has 2 aromatic rings. The summed E-state index contributed by atoms with van der Waals surface area (Å²) in [5.74, 6) is 1.35. The van der Waals surface area contributed by atoms with E-state index in [1.54, 1.807) is 18.5 Å². The number of halogens is 4. The quantitative estimate of drug-likeness (QED) is 0.945. The van der Waals surface area contributed by atoms with Gasteiger partial charge in [-0.05, 0) is 25.1 Å². The van der Waals surface area contributed by atoms with Gasteiger partial charge in [0.25, 0.3) is 0 Å². The Kier molecular flexibility index (Phi) is 3.89. The highest BCUT2D eigenvalue weighted by atomic mass is 35.5. The van der Waals surface area contributed by atoms with Gasteiger partial charge in [0.15, 0.2) is 5.82 Å². The minimum atomic E-state index is -4.43. The van der Waals surface area contributed by atoms with Crippen molar-refractivity contribution in [3.05, 3.63) is 40.4 Å². The molecule has 20 heavy (non-hydrogen) atoms. The molecule has 0 saturated heterocycles. The van der Waals surface area contributed by atoms with Crippen LogP contribution in [-0.4, -0.2) is 14.8 Å². The fourth-order valence-corrected chi connectivity index (χ4v) is 1.88. The van der Waals surface area contributed by atoms with Gasteiger partial charge >= 0.3 is 6.18 Å². The number of aromatic nitrogens is 3. The Hall–Kier alpha value is -1.76. The third-order valence-electron chi connectivity index (χ3n) is 2.86. The van der Waals surface area contributed by atoms with Gasteiger partial charge in [0.05, 0.1) is 12.1 Å². The van der Waals surface area contributed by atoms with E-state index in [9.17, 15) is 13.2 Å². The zero-order valence-corrected chi connectivity index (χ0v) is 11.5. The Morgan fingerprint density at radius 3 is 2.50 bits per heavy atom. The van der Waals surface area contributed by atoms with E-state index in [1.165, 1.54) is 6.07 Å². The van der Waals surface area contributed by atoms with Gasteiger partial charge < -0.3 is 9.88 Å². The number of nitrogens with one attached hydrogen (secondary N) is 1. The molecular formula is C12H12ClF3N4. The zero-order valence-electron chi connectivity index (χ0n) is 10.8. The highest BCUT2D eigenvalue weighted by Crippen LogP contribution is 2.33. The van der Waals surface area contributed by atoms with E-state index in [1.807, 2.05) is 0 Å². The minimum absolute atomic E-state index is 0.0245. The van der Waals surface area contributed by atoms with Crippen molar-refractivity contribution in [1.29, 1.82) is 0 Å². The molecule has 0 fully saturated rings. The molecule has 1 N–H and O–H groups in total. The van der Waals surface area contributed by atoms with Crippen LogP contribution in [0.4, 0.5) is 18.9 Å². The summed E-state index contributed by atoms with van der Waals surface area (Å²) in [5.41, 5.74) is -0.507. The second-order valence-corrected chi connectivity index (χ2v) is 4.74. The van der Waals surface area contributed by atoms with E-state index in [4.69, 9.17) is 11.6 Å². The molecule has 0 saturated carbocycles. The number of aryl methyl sites for hydroxylation is 1. The van der Waals surface area contributed by atoms with Gasteiger partial charge in [0, 0.05) is 17.8 Å². The largest absolute Gasteiger partial charge is 0.416 e. The Morgan fingerprint density at radius 2 is 1.95 bits per heavy atom. The standard InChI is InChI=1S/C12H12ClF3N4/c1-7-18-19-11(20(7)2)6-17-10-4-8(12(14,15)16)3-9(13)5-10/h3-5,17H,6H2,1-2H3. The monoisotopic (exact) mass is 304 g/mol. The molecule has 0 amide bonds. The van der Waals surface area contributed by atoms with E-state index < -0.39 is 11.7 Å². The Bertz CT molecular complexity index is 622. The molecule has 8 heteroatoms. The zero-order chi connectivity index (χ0) is 14.9. The van der Waals surface area contributed by atoms with Crippen LogP contribution in [0, 0.1) is 6.92 Å². The van der Waals surface area contributed by atoms with Crippen molar-refractivity contribution in [3.63, 3.8) is 0 Å². The first-order valence-electron chi connectivity index (χ1n) is 5.74. The van der Waals surface area contributed by atoms with E-state index in [2.05, 4.69) is 15.5 Å². The summed E-state index contributed by atoms with van der Waals surface area (Å²) < 4.78 is 39.7. The highest BCUT2D eigenvalue weighted by Gasteiger charge is 2.31. The minimum Gasteiger partial charge on any atom is -0.378 e. The number of hydrogen-bond acceptors (Lipinski definition) is 3. The number of anilines is 1. The maximum atomic E-state index is 12.7. The summed E-state index contributed by atoms with van der Waals surface area (Å²) in [6.45, 7) is 2.05. The van der Waals surface area contributed by atoms with Gasteiger partial charge in [-0.2, -0.15) is 13.2 Å². The van der Waals surface area contributed by atoms with Crippen LogP contribution in [0.25, 0.3) is 0 Å². The van der Waals surface area contributed by atoms with Crippen molar-refractivity contribution < 1.29 is 13.2 Å². The second-order valence-electron chi connectivity index (χ2n) is 4.30. The number of benzene rings is 1. The van der Waals surface area contributed by atoms with Crippen molar-refractivity contribution in [1.82, 2.24) is 14.8 Å². The van der Waals surface area contributed by atoms with Gasteiger partial charge in [-0.25, -0.2) is 0 Å². The lowest BCUT2D eigenvalue weighted by Gasteiger charge is -2.11. The molecule has 108 valence electrons. The molecular weight excluding hydrogens is 293 g/mol. The van der Waals surface area contributed by atoms with Gasteiger partial charge in [0.1, 0.15) is 5.82 Å². The lowest BCUT2D eigenvalue weighted by Crippen LogP contribution is -2.09. The molecule has 0 aliphatic rings. The molecule has 0 radical (unpaired) electrons. The summed E-state index contributed by atoms with van der Waals surface area (Å²) in [7, 11) is 1.78. The first-order valence-corrected chi connectivity index (χ1v) is 6.11. The van der Waals surface area contributed by atoms with Crippen molar-refractivity contribution in [2.75, 3.05) is 5.32 Å². The molecule has 4 nitrogen and oxygen atoms in total. The first kappa shape index (κ1) is 14.6. The van der Waals surface area contributed by atoms with Crippen molar-refractivity contribution in [2.24, 2.45) is 7.05 Å². The van der Waals surface area contributed by atoms with Crippen LogP contribution in [0.3, 0.4) is 0 Å². The molecule has 0 atom stereocenters. The van der Waals surface area contributed by atoms with Crippen molar-refractivity contribution >= 4 is 17.3 Å². The molecule has 0 aliphatic carbocycles.